The lowest BCUT2D eigenvalue weighted by Gasteiger charge is -2.04. The van der Waals surface area contributed by atoms with Crippen LogP contribution >= 0.6 is 12.6 Å². The third kappa shape index (κ3) is 2.37. The van der Waals surface area contributed by atoms with Gasteiger partial charge in [0.1, 0.15) is 0 Å². The third-order valence-electron chi connectivity index (χ3n) is 1.49. The Morgan fingerprint density at radius 3 is 2.50 bits per heavy atom. The summed E-state index contributed by atoms with van der Waals surface area (Å²) in [6.45, 7) is 4.85. The van der Waals surface area contributed by atoms with Crippen molar-refractivity contribution in [1.29, 1.82) is 0 Å². The molecule has 1 atom stereocenters. The lowest BCUT2D eigenvalue weighted by molar-refractivity contribution is 1.01. The number of aromatic nitrogens is 2. The number of anilines is 1. The molecular formula is C8H13N3S. The van der Waals surface area contributed by atoms with E-state index in [0.29, 0.717) is 5.95 Å². The van der Waals surface area contributed by atoms with E-state index in [2.05, 4.69) is 27.9 Å². The maximum absolute atomic E-state index is 4.27. The van der Waals surface area contributed by atoms with Crippen LogP contribution in [0.1, 0.15) is 24.7 Å². The highest BCUT2D eigenvalue weighted by molar-refractivity contribution is 7.80. The fourth-order valence-electron chi connectivity index (χ4n) is 0.803. The number of thiol groups is 1. The van der Waals surface area contributed by atoms with E-state index in [1.54, 1.807) is 12.4 Å². The van der Waals surface area contributed by atoms with E-state index in [1.807, 2.05) is 13.8 Å². The van der Waals surface area contributed by atoms with Crippen molar-refractivity contribution >= 4 is 18.6 Å². The number of hydrogen-bond donors (Lipinski definition) is 2. The zero-order valence-electron chi connectivity index (χ0n) is 7.28. The fourth-order valence-corrected chi connectivity index (χ4v) is 0.936. The minimum Gasteiger partial charge on any atom is -0.355 e. The Morgan fingerprint density at radius 2 is 2.08 bits per heavy atom. The van der Waals surface area contributed by atoms with Crippen molar-refractivity contribution in [2.75, 3.05) is 11.9 Å². The topological polar surface area (TPSA) is 37.8 Å². The second-order valence-electron chi connectivity index (χ2n) is 2.55. The van der Waals surface area contributed by atoms with Crippen LogP contribution in [0.3, 0.4) is 0 Å². The monoisotopic (exact) mass is 183 g/mol. The van der Waals surface area contributed by atoms with Crippen molar-refractivity contribution in [3.8, 4) is 0 Å². The molecule has 0 saturated carbocycles. The molecule has 0 spiro atoms. The molecule has 1 aromatic rings. The zero-order chi connectivity index (χ0) is 8.97. The highest BCUT2D eigenvalue weighted by Gasteiger charge is 2.00. The van der Waals surface area contributed by atoms with Crippen molar-refractivity contribution in [2.24, 2.45) is 0 Å². The SMILES string of the molecule is CCNc1ncc(C(C)S)cn1. The Balaban J connectivity index is 2.71. The van der Waals surface area contributed by atoms with Crippen LogP contribution in [0.5, 0.6) is 0 Å². The second kappa shape index (κ2) is 4.30. The smallest absolute Gasteiger partial charge is 0.222 e. The molecule has 0 amide bonds. The van der Waals surface area contributed by atoms with E-state index < -0.39 is 0 Å². The van der Waals surface area contributed by atoms with Crippen LogP contribution in [0, 0.1) is 0 Å². The number of rotatable bonds is 3. The largest absolute Gasteiger partial charge is 0.355 e. The molecule has 1 unspecified atom stereocenters. The number of nitrogens with zero attached hydrogens (tertiary/aromatic N) is 2. The van der Waals surface area contributed by atoms with Gasteiger partial charge in [-0.25, -0.2) is 9.97 Å². The molecular weight excluding hydrogens is 170 g/mol. The molecule has 12 heavy (non-hydrogen) atoms. The lowest BCUT2D eigenvalue weighted by Crippen LogP contribution is -2.02. The quantitative estimate of drug-likeness (QED) is 0.703. The molecule has 1 aromatic heterocycles. The summed E-state index contributed by atoms with van der Waals surface area (Å²) < 4.78 is 0. The van der Waals surface area contributed by atoms with E-state index in [0.717, 1.165) is 12.1 Å². The molecule has 4 heteroatoms. The Bertz CT molecular complexity index is 233. The Morgan fingerprint density at radius 1 is 1.50 bits per heavy atom. The Labute approximate surface area is 78.0 Å². The van der Waals surface area contributed by atoms with Crippen LogP contribution in [0.4, 0.5) is 5.95 Å². The summed E-state index contributed by atoms with van der Waals surface area (Å²) in [5.74, 6) is 0.676. The summed E-state index contributed by atoms with van der Waals surface area (Å²) >= 11 is 4.27. The van der Waals surface area contributed by atoms with E-state index in [9.17, 15) is 0 Å². The maximum Gasteiger partial charge on any atom is 0.222 e. The summed E-state index contributed by atoms with van der Waals surface area (Å²) in [6, 6.07) is 0. The summed E-state index contributed by atoms with van der Waals surface area (Å²) in [5, 5.41) is 3.22. The van der Waals surface area contributed by atoms with E-state index in [4.69, 9.17) is 0 Å². The first-order valence-electron chi connectivity index (χ1n) is 3.98. The Hall–Kier alpha value is -0.770. The second-order valence-corrected chi connectivity index (χ2v) is 3.32. The average molecular weight is 183 g/mol. The molecule has 1 rings (SSSR count). The molecule has 0 aliphatic heterocycles. The Kier molecular flexibility index (Phi) is 3.34. The van der Waals surface area contributed by atoms with Crippen LogP contribution < -0.4 is 5.32 Å². The molecule has 0 fully saturated rings. The molecule has 0 saturated heterocycles. The number of nitrogens with one attached hydrogen (secondary N) is 1. The van der Waals surface area contributed by atoms with Crippen LogP contribution in [-0.2, 0) is 0 Å². The van der Waals surface area contributed by atoms with E-state index in [-0.39, 0.29) is 5.25 Å². The van der Waals surface area contributed by atoms with Crippen molar-refractivity contribution in [1.82, 2.24) is 9.97 Å². The molecule has 0 radical (unpaired) electrons. The molecule has 0 aliphatic rings. The van der Waals surface area contributed by atoms with Gasteiger partial charge >= 0.3 is 0 Å². The standard InChI is InChI=1S/C8H13N3S/c1-3-9-8-10-4-7(5-11-8)6(2)12/h4-6,12H,3H2,1-2H3,(H,9,10,11). The minimum absolute atomic E-state index is 0.195. The summed E-state index contributed by atoms with van der Waals surface area (Å²) in [6.07, 6.45) is 3.59. The summed E-state index contributed by atoms with van der Waals surface area (Å²) in [4.78, 5) is 8.24. The molecule has 66 valence electrons. The van der Waals surface area contributed by atoms with Crippen LogP contribution in [0.25, 0.3) is 0 Å². The van der Waals surface area contributed by atoms with E-state index >= 15 is 0 Å². The van der Waals surface area contributed by atoms with Crippen molar-refractivity contribution in [2.45, 2.75) is 19.1 Å². The minimum atomic E-state index is 0.195. The van der Waals surface area contributed by atoms with Gasteiger partial charge in [-0.15, -0.1) is 0 Å². The first-order valence-corrected chi connectivity index (χ1v) is 4.49. The van der Waals surface area contributed by atoms with Gasteiger partial charge in [0.2, 0.25) is 5.95 Å². The average Bonchev–Trinajstić information content (AvgIpc) is 2.06. The van der Waals surface area contributed by atoms with Gasteiger partial charge in [0.15, 0.2) is 0 Å². The molecule has 0 aromatic carbocycles. The lowest BCUT2D eigenvalue weighted by atomic mass is 10.3. The van der Waals surface area contributed by atoms with Crippen LogP contribution in [0.15, 0.2) is 12.4 Å². The first kappa shape index (κ1) is 9.32. The van der Waals surface area contributed by atoms with Gasteiger partial charge in [0.05, 0.1) is 0 Å². The maximum atomic E-state index is 4.27. The first-order chi connectivity index (χ1) is 5.74. The van der Waals surface area contributed by atoms with Crippen molar-refractivity contribution in [3.63, 3.8) is 0 Å². The molecule has 3 nitrogen and oxygen atoms in total. The van der Waals surface area contributed by atoms with Gasteiger partial charge in [0.25, 0.3) is 0 Å². The summed E-state index contributed by atoms with van der Waals surface area (Å²) in [5.41, 5.74) is 1.04. The molecule has 0 aliphatic carbocycles. The normalized spacial score (nSPS) is 12.6. The van der Waals surface area contributed by atoms with Gasteiger partial charge in [0, 0.05) is 29.8 Å². The molecule has 0 bridgehead atoms. The molecule has 1 heterocycles. The fraction of sp³-hybridized carbons (Fsp3) is 0.500. The van der Waals surface area contributed by atoms with Gasteiger partial charge in [-0.1, -0.05) is 0 Å². The predicted molar refractivity (Wildman–Crippen MR) is 53.6 cm³/mol. The highest BCUT2D eigenvalue weighted by Crippen LogP contribution is 2.16. The third-order valence-corrected chi connectivity index (χ3v) is 1.79. The predicted octanol–water partition coefficient (Wildman–Crippen LogP) is 1.90. The number of hydrogen-bond acceptors (Lipinski definition) is 4. The van der Waals surface area contributed by atoms with Gasteiger partial charge in [-0.2, -0.15) is 12.6 Å². The van der Waals surface area contributed by atoms with Crippen LogP contribution in [-0.4, -0.2) is 16.5 Å². The van der Waals surface area contributed by atoms with Crippen molar-refractivity contribution < 1.29 is 0 Å². The summed E-state index contributed by atoms with van der Waals surface area (Å²) in [7, 11) is 0. The van der Waals surface area contributed by atoms with Gasteiger partial charge < -0.3 is 5.32 Å². The van der Waals surface area contributed by atoms with E-state index in [1.165, 1.54) is 0 Å². The molecule has 1 N–H and O–H groups in total. The van der Waals surface area contributed by atoms with Crippen molar-refractivity contribution in [3.05, 3.63) is 18.0 Å². The highest BCUT2D eigenvalue weighted by atomic mass is 32.1. The van der Waals surface area contributed by atoms with Gasteiger partial charge in [-0.05, 0) is 13.8 Å². The van der Waals surface area contributed by atoms with Gasteiger partial charge in [-0.3, -0.25) is 0 Å². The zero-order valence-corrected chi connectivity index (χ0v) is 8.18. The van der Waals surface area contributed by atoms with Crippen LogP contribution in [0.2, 0.25) is 0 Å².